The van der Waals surface area contributed by atoms with Crippen molar-refractivity contribution in [3.63, 3.8) is 0 Å². The van der Waals surface area contributed by atoms with Crippen molar-refractivity contribution in [2.75, 3.05) is 26.5 Å². The molecule has 0 bridgehead atoms. The van der Waals surface area contributed by atoms with Crippen LogP contribution in [0.15, 0.2) is 72.8 Å². The average Bonchev–Trinajstić information content (AvgIpc) is 3.31. The highest BCUT2D eigenvalue weighted by Crippen LogP contribution is 2.37. The fourth-order valence-corrected chi connectivity index (χ4v) is 4.47. The quantitative estimate of drug-likeness (QED) is 0.576. The third-order valence-corrected chi connectivity index (χ3v) is 6.15. The molecule has 3 aromatic carbocycles. The Morgan fingerprint density at radius 2 is 1.78 bits per heavy atom. The summed E-state index contributed by atoms with van der Waals surface area (Å²) in [6, 6.07) is 21.5. The van der Waals surface area contributed by atoms with Gasteiger partial charge in [-0.15, -0.1) is 0 Å². The van der Waals surface area contributed by atoms with Crippen LogP contribution in [0.3, 0.4) is 0 Å². The van der Waals surface area contributed by atoms with Gasteiger partial charge in [0, 0.05) is 30.6 Å². The van der Waals surface area contributed by atoms with Crippen molar-refractivity contribution in [2.45, 2.75) is 12.3 Å². The minimum Gasteiger partial charge on any atom is -0.493 e. The predicted octanol–water partition coefficient (Wildman–Crippen LogP) is 4.88. The topological polar surface area (TPSA) is 48.0 Å². The van der Waals surface area contributed by atoms with Gasteiger partial charge < -0.3 is 19.1 Å². The van der Waals surface area contributed by atoms with Crippen LogP contribution in [-0.4, -0.2) is 37.3 Å². The maximum Gasteiger partial charge on any atom is 0.253 e. The number of hydrogen-bond donors (Lipinski definition) is 0. The summed E-state index contributed by atoms with van der Waals surface area (Å²) in [5.41, 5.74) is 1.75. The van der Waals surface area contributed by atoms with Crippen molar-refractivity contribution in [1.29, 1.82) is 0 Å². The lowest BCUT2D eigenvalue weighted by Gasteiger charge is -2.39. The molecule has 164 valence electrons. The van der Waals surface area contributed by atoms with Gasteiger partial charge in [0.1, 0.15) is 11.6 Å². The van der Waals surface area contributed by atoms with Crippen LogP contribution in [0.5, 0.6) is 17.2 Å². The largest absolute Gasteiger partial charge is 0.493 e. The van der Waals surface area contributed by atoms with E-state index in [1.54, 1.807) is 0 Å². The molecule has 0 unspecified atom stereocenters. The number of nitrogens with zero attached hydrogens (tertiary/aromatic N) is 1. The van der Waals surface area contributed by atoms with Crippen LogP contribution in [0.25, 0.3) is 0 Å². The molecule has 0 saturated carbocycles. The Hall–Kier alpha value is -3.54. The van der Waals surface area contributed by atoms with Gasteiger partial charge in [0.25, 0.3) is 5.91 Å². The van der Waals surface area contributed by atoms with Crippen molar-refractivity contribution in [2.24, 2.45) is 5.92 Å². The van der Waals surface area contributed by atoms with E-state index in [1.807, 2.05) is 65.6 Å². The molecule has 5 nitrogen and oxygen atoms in total. The first-order valence-corrected chi connectivity index (χ1v) is 10.8. The van der Waals surface area contributed by atoms with Gasteiger partial charge in [-0.25, -0.2) is 4.39 Å². The first-order chi connectivity index (χ1) is 15.7. The van der Waals surface area contributed by atoms with Crippen LogP contribution in [0.2, 0.25) is 0 Å². The van der Waals surface area contributed by atoms with Crippen molar-refractivity contribution in [1.82, 2.24) is 4.90 Å². The molecule has 0 spiro atoms. The molecular weight excluding hydrogens is 409 g/mol. The zero-order chi connectivity index (χ0) is 21.9. The second-order valence-electron chi connectivity index (χ2n) is 8.15. The van der Waals surface area contributed by atoms with E-state index < -0.39 is 0 Å². The third kappa shape index (κ3) is 4.26. The van der Waals surface area contributed by atoms with E-state index in [-0.39, 0.29) is 30.4 Å². The van der Waals surface area contributed by atoms with Gasteiger partial charge >= 0.3 is 0 Å². The number of carbonyl (C=O) groups is 1. The Morgan fingerprint density at radius 1 is 1.00 bits per heavy atom. The number of hydrogen-bond acceptors (Lipinski definition) is 4. The van der Waals surface area contributed by atoms with E-state index in [0.29, 0.717) is 42.5 Å². The zero-order valence-corrected chi connectivity index (χ0v) is 17.6. The van der Waals surface area contributed by atoms with E-state index in [2.05, 4.69) is 0 Å². The van der Waals surface area contributed by atoms with Gasteiger partial charge in [0.2, 0.25) is 6.79 Å². The zero-order valence-electron chi connectivity index (χ0n) is 17.6. The maximum absolute atomic E-state index is 13.5. The lowest BCUT2D eigenvalue weighted by Crippen LogP contribution is -2.45. The Labute approximate surface area is 186 Å². The third-order valence-electron chi connectivity index (χ3n) is 6.15. The summed E-state index contributed by atoms with van der Waals surface area (Å²) in [5, 5.41) is 0. The molecule has 6 heteroatoms. The molecule has 0 aromatic heterocycles. The number of benzene rings is 3. The molecule has 2 heterocycles. The fraction of sp³-hybridized carbons (Fsp3) is 0.269. The molecule has 1 amide bonds. The maximum atomic E-state index is 13.5. The molecule has 2 aliphatic rings. The second kappa shape index (κ2) is 8.91. The molecule has 3 aromatic rings. The van der Waals surface area contributed by atoms with E-state index in [0.717, 1.165) is 12.0 Å². The SMILES string of the molecule is O=C(c1ccccc1)N1CC[C@H](c2ccc(F)cc2)[C@@H](COc2ccc3c(c2)OCO3)C1. The number of likely N-dealkylation sites (tertiary alicyclic amines) is 1. The summed E-state index contributed by atoms with van der Waals surface area (Å²) in [6.07, 6.45) is 0.791. The van der Waals surface area contributed by atoms with Crippen molar-refractivity contribution in [3.05, 3.63) is 89.7 Å². The normalized spacial score (nSPS) is 19.6. The van der Waals surface area contributed by atoms with E-state index in [1.165, 1.54) is 12.1 Å². The lowest BCUT2D eigenvalue weighted by molar-refractivity contribution is 0.0595. The second-order valence-corrected chi connectivity index (χ2v) is 8.15. The molecule has 0 aliphatic carbocycles. The summed E-state index contributed by atoms with van der Waals surface area (Å²) in [5.74, 6) is 2.08. The van der Waals surface area contributed by atoms with Crippen molar-refractivity contribution < 1.29 is 23.4 Å². The first-order valence-electron chi connectivity index (χ1n) is 10.8. The van der Waals surface area contributed by atoms with Gasteiger partial charge in [0.15, 0.2) is 11.5 Å². The van der Waals surface area contributed by atoms with Crippen LogP contribution in [-0.2, 0) is 0 Å². The van der Waals surface area contributed by atoms with Crippen LogP contribution in [0.4, 0.5) is 4.39 Å². The number of piperidine rings is 1. The fourth-order valence-electron chi connectivity index (χ4n) is 4.47. The number of fused-ring (bicyclic) bond motifs is 1. The summed E-state index contributed by atoms with van der Waals surface area (Å²) >= 11 is 0. The number of rotatable bonds is 5. The van der Waals surface area contributed by atoms with Crippen molar-refractivity contribution in [3.8, 4) is 17.2 Å². The van der Waals surface area contributed by atoms with E-state index in [9.17, 15) is 9.18 Å². The van der Waals surface area contributed by atoms with Gasteiger partial charge in [-0.2, -0.15) is 0 Å². The number of ether oxygens (including phenoxy) is 3. The first kappa shape index (κ1) is 20.4. The molecule has 1 saturated heterocycles. The molecule has 2 aliphatic heterocycles. The highest BCUT2D eigenvalue weighted by molar-refractivity contribution is 5.94. The predicted molar refractivity (Wildman–Crippen MR) is 118 cm³/mol. The van der Waals surface area contributed by atoms with Crippen LogP contribution < -0.4 is 14.2 Å². The molecule has 0 N–H and O–H groups in total. The Kier molecular flexibility index (Phi) is 5.67. The Balaban J connectivity index is 1.34. The standard InChI is InChI=1S/C26H24FNO4/c27-21-8-6-18(7-9-21)23-12-13-28(26(29)19-4-2-1-3-5-19)15-20(23)16-30-22-10-11-24-25(14-22)32-17-31-24/h1-11,14,20,23H,12-13,15-17H2/t20-,23-/m1/s1. The monoisotopic (exact) mass is 433 g/mol. The molecule has 0 radical (unpaired) electrons. The lowest BCUT2D eigenvalue weighted by atomic mass is 9.80. The highest BCUT2D eigenvalue weighted by Gasteiger charge is 2.33. The van der Waals surface area contributed by atoms with E-state index >= 15 is 0 Å². The molecule has 2 atom stereocenters. The summed E-state index contributed by atoms with van der Waals surface area (Å²) < 4.78 is 30.4. The number of carbonyl (C=O) groups excluding carboxylic acids is 1. The van der Waals surface area contributed by atoms with Crippen LogP contribution in [0.1, 0.15) is 28.3 Å². The summed E-state index contributed by atoms with van der Waals surface area (Å²) in [6.45, 7) is 1.86. The van der Waals surface area contributed by atoms with Crippen LogP contribution >= 0.6 is 0 Å². The minimum atomic E-state index is -0.251. The van der Waals surface area contributed by atoms with Gasteiger partial charge in [-0.05, 0) is 54.3 Å². The number of halogens is 1. The number of amides is 1. The molecular formula is C26H24FNO4. The van der Waals surface area contributed by atoms with Gasteiger partial charge in [-0.3, -0.25) is 4.79 Å². The molecule has 5 rings (SSSR count). The van der Waals surface area contributed by atoms with E-state index in [4.69, 9.17) is 14.2 Å². The highest BCUT2D eigenvalue weighted by atomic mass is 19.1. The smallest absolute Gasteiger partial charge is 0.253 e. The van der Waals surface area contributed by atoms with Crippen LogP contribution in [0, 0.1) is 11.7 Å². The summed E-state index contributed by atoms with van der Waals surface area (Å²) in [4.78, 5) is 14.9. The van der Waals surface area contributed by atoms with Crippen molar-refractivity contribution >= 4 is 5.91 Å². The summed E-state index contributed by atoms with van der Waals surface area (Å²) in [7, 11) is 0. The molecule has 32 heavy (non-hydrogen) atoms. The Morgan fingerprint density at radius 3 is 2.59 bits per heavy atom. The average molecular weight is 433 g/mol. The Bertz CT molecular complexity index is 1090. The molecule has 1 fully saturated rings. The van der Waals surface area contributed by atoms with Gasteiger partial charge in [-0.1, -0.05) is 30.3 Å². The minimum absolute atomic E-state index is 0.0243. The van der Waals surface area contributed by atoms with Gasteiger partial charge in [0.05, 0.1) is 6.61 Å².